The van der Waals surface area contributed by atoms with Gasteiger partial charge in [-0.1, -0.05) is 32.0 Å². The molecule has 0 saturated heterocycles. The molecule has 0 fully saturated rings. The largest absolute Gasteiger partial charge is 0.496 e. The molecule has 120 valence electrons. The van der Waals surface area contributed by atoms with Crippen molar-refractivity contribution in [3.8, 4) is 5.75 Å². The van der Waals surface area contributed by atoms with Crippen LogP contribution >= 0.6 is 0 Å². The summed E-state index contributed by atoms with van der Waals surface area (Å²) in [5, 5.41) is 3.67. The second-order valence-corrected chi connectivity index (χ2v) is 6.57. The van der Waals surface area contributed by atoms with Crippen LogP contribution in [0.4, 0.5) is 0 Å². The highest BCUT2D eigenvalue weighted by Crippen LogP contribution is 2.19. The molecule has 0 aromatic heterocycles. The summed E-state index contributed by atoms with van der Waals surface area (Å²) >= 11 is 0. The van der Waals surface area contributed by atoms with Gasteiger partial charge in [-0.05, 0) is 51.4 Å². The van der Waals surface area contributed by atoms with E-state index in [2.05, 4.69) is 57.2 Å². The fourth-order valence-corrected chi connectivity index (χ4v) is 2.63. The summed E-state index contributed by atoms with van der Waals surface area (Å²) < 4.78 is 5.43. The zero-order chi connectivity index (χ0) is 15.8. The molecule has 0 heterocycles. The minimum Gasteiger partial charge on any atom is -0.496 e. The fourth-order valence-electron chi connectivity index (χ4n) is 2.63. The van der Waals surface area contributed by atoms with E-state index in [4.69, 9.17) is 4.74 Å². The van der Waals surface area contributed by atoms with Crippen LogP contribution in [0, 0.1) is 5.92 Å². The maximum atomic E-state index is 5.43. The number of hydrogen-bond donors (Lipinski definition) is 1. The molecule has 0 radical (unpaired) electrons. The molecular weight excluding hydrogens is 260 g/mol. The van der Waals surface area contributed by atoms with Gasteiger partial charge in [0, 0.05) is 18.6 Å². The van der Waals surface area contributed by atoms with Gasteiger partial charge < -0.3 is 15.0 Å². The van der Waals surface area contributed by atoms with Gasteiger partial charge in [0.1, 0.15) is 5.75 Å². The number of nitrogens with zero attached hydrogens (tertiary/aromatic N) is 1. The summed E-state index contributed by atoms with van der Waals surface area (Å²) in [5.74, 6) is 1.71. The quantitative estimate of drug-likeness (QED) is 0.756. The summed E-state index contributed by atoms with van der Waals surface area (Å²) in [6, 6.07) is 9.30. The third-order valence-corrected chi connectivity index (χ3v) is 3.89. The van der Waals surface area contributed by atoms with E-state index < -0.39 is 0 Å². The summed E-state index contributed by atoms with van der Waals surface area (Å²) in [4.78, 5) is 2.32. The third-order valence-electron chi connectivity index (χ3n) is 3.89. The lowest BCUT2D eigenvalue weighted by molar-refractivity contribution is 0.241. The number of likely N-dealkylation sites (N-methyl/N-ethyl adjacent to an activating group) is 1. The minimum atomic E-state index is 0.441. The van der Waals surface area contributed by atoms with Crippen molar-refractivity contribution in [2.75, 3.05) is 27.7 Å². The van der Waals surface area contributed by atoms with Gasteiger partial charge in [-0.2, -0.15) is 0 Å². The smallest absolute Gasteiger partial charge is 0.122 e. The van der Waals surface area contributed by atoms with Crippen LogP contribution in [0.25, 0.3) is 0 Å². The van der Waals surface area contributed by atoms with Gasteiger partial charge >= 0.3 is 0 Å². The minimum absolute atomic E-state index is 0.441. The standard InChI is InChI=1S/C18H32N2O/c1-14(2)11-17(20(4)5)13-19-15(3)12-16-9-7-8-10-18(16)21-6/h7-10,14-15,17,19H,11-13H2,1-6H3. The predicted octanol–water partition coefficient (Wildman–Crippen LogP) is 3.19. The van der Waals surface area contributed by atoms with Crippen LogP contribution in [-0.2, 0) is 6.42 Å². The highest BCUT2D eigenvalue weighted by Gasteiger charge is 2.15. The molecule has 21 heavy (non-hydrogen) atoms. The first-order valence-electron chi connectivity index (χ1n) is 7.95. The highest BCUT2D eigenvalue weighted by molar-refractivity contribution is 5.33. The van der Waals surface area contributed by atoms with Crippen LogP contribution in [0.15, 0.2) is 24.3 Å². The maximum Gasteiger partial charge on any atom is 0.122 e. The lowest BCUT2D eigenvalue weighted by Gasteiger charge is -2.28. The zero-order valence-corrected chi connectivity index (χ0v) is 14.5. The lowest BCUT2D eigenvalue weighted by atomic mass is 10.0. The Hall–Kier alpha value is -1.06. The van der Waals surface area contributed by atoms with Gasteiger partial charge in [-0.15, -0.1) is 0 Å². The number of rotatable bonds is 9. The molecule has 0 amide bonds. The van der Waals surface area contributed by atoms with Crippen LogP contribution in [0.1, 0.15) is 32.8 Å². The van der Waals surface area contributed by atoms with E-state index in [1.165, 1.54) is 12.0 Å². The number of hydrogen-bond acceptors (Lipinski definition) is 3. The summed E-state index contributed by atoms with van der Waals surface area (Å²) in [6.07, 6.45) is 2.22. The van der Waals surface area contributed by atoms with Crippen LogP contribution in [0.3, 0.4) is 0 Å². The molecule has 3 nitrogen and oxygen atoms in total. The summed E-state index contributed by atoms with van der Waals surface area (Å²) in [7, 11) is 6.07. The topological polar surface area (TPSA) is 24.5 Å². The van der Waals surface area contributed by atoms with Crippen molar-refractivity contribution in [2.24, 2.45) is 5.92 Å². The summed E-state index contributed by atoms with van der Waals surface area (Å²) in [5.41, 5.74) is 1.27. The molecule has 1 aromatic rings. The van der Waals surface area contributed by atoms with E-state index in [1.807, 2.05) is 12.1 Å². The van der Waals surface area contributed by atoms with Gasteiger partial charge in [0.05, 0.1) is 7.11 Å². The van der Waals surface area contributed by atoms with Crippen molar-refractivity contribution >= 4 is 0 Å². The Bertz CT molecular complexity index is 404. The molecule has 2 unspecified atom stereocenters. The Morgan fingerprint density at radius 2 is 1.81 bits per heavy atom. The Labute approximate surface area is 130 Å². The van der Waals surface area contributed by atoms with Gasteiger partial charge in [0.25, 0.3) is 0 Å². The van der Waals surface area contributed by atoms with E-state index in [1.54, 1.807) is 7.11 Å². The van der Waals surface area contributed by atoms with Gasteiger partial charge in [-0.3, -0.25) is 0 Å². The van der Waals surface area contributed by atoms with E-state index >= 15 is 0 Å². The molecular formula is C18H32N2O. The molecule has 0 aliphatic heterocycles. The molecule has 1 N–H and O–H groups in total. The van der Waals surface area contributed by atoms with Crippen molar-refractivity contribution in [2.45, 2.75) is 45.7 Å². The third kappa shape index (κ3) is 6.49. The highest BCUT2D eigenvalue weighted by atomic mass is 16.5. The van der Waals surface area contributed by atoms with E-state index in [9.17, 15) is 0 Å². The first kappa shape index (κ1) is 18.0. The summed E-state index contributed by atoms with van der Waals surface area (Å²) in [6.45, 7) is 7.85. The SMILES string of the molecule is COc1ccccc1CC(C)NCC(CC(C)C)N(C)C. The number of ether oxygens (including phenoxy) is 1. The van der Waals surface area contributed by atoms with Gasteiger partial charge in [0.15, 0.2) is 0 Å². The normalized spacial score (nSPS) is 14.5. The van der Waals surface area contributed by atoms with Crippen molar-refractivity contribution in [1.82, 2.24) is 10.2 Å². The molecule has 0 aliphatic rings. The molecule has 0 aliphatic carbocycles. The Balaban J connectivity index is 2.50. The molecule has 0 bridgehead atoms. The van der Waals surface area contributed by atoms with Crippen molar-refractivity contribution in [3.05, 3.63) is 29.8 Å². The van der Waals surface area contributed by atoms with Crippen LogP contribution in [-0.4, -0.2) is 44.7 Å². The molecule has 0 spiro atoms. The lowest BCUT2D eigenvalue weighted by Crippen LogP contribution is -2.42. The van der Waals surface area contributed by atoms with Crippen LogP contribution in [0.5, 0.6) is 5.75 Å². The second-order valence-electron chi connectivity index (χ2n) is 6.57. The predicted molar refractivity (Wildman–Crippen MR) is 91.1 cm³/mol. The van der Waals surface area contributed by atoms with E-state index in [-0.39, 0.29) is 0 Å². The van der Waals surface area contributed by atoms with E-state index in [0.717, 1.165) is 24.6 Å². The van der Waals surface area contributed by atoms with Gasteiger partial charge in [-0.25, -0.2) is 0 Å². The van der Waals surface area contributed by atoms with E-state index in [0.29, 0.717) is 12.1 Å². The number of benzene rings is 1. The fraction of sp³-hybridized carbons (Fsp3) is 0.667. The van der Waals surface area contributed by atoms with Crippen molar-refractivity contribution < 1.29 is 4.74 Å². The number of para-hydroxylation sites is 1. The Kier molecular flexibility index (Phi) is 7.76. The first-order chi connectivity index (χ1) is 9.93. The van der Waals surface area contributed by atoms with Crippen LogP contribution in [0.2, 0.25) is 0 Å². The number of methoxy groups -OCH3 is 1. The Morgan fingerprint density at radius 1 is 1.14 bits per heavy atom. The molecule has 0 saturated carbocycles. The number of nitrogens with one attached hydrogen (secondary N) is 1. The van der Waals surface area contributed by atoms with Crippen molar-refractivity contribution in [3.63, 3.8) is 0 Å². The Morgan fingerprint density at radius 3 is 2.38 bits per heavy atom. The van der Waals surface area contributed by atoms with Gasteiger partial charge in [0.2, 0.25) is 0 Å². The maximum absolute atomic E-state index is 5.43. The molecule has 1 aromatic carbocycles. The molecule has 2 atom stereocenters. The molecule has 1 rings (SSSR count). The zero-order valence-electron chi connectivity index (χ0n) is 14.5. The average molecular weight is 292 g/mol. The first-order valence-corrected chi connectivity index (χ1v) is 7.95. The van der Waals surface area contributed by atoms with Crippen molar-refractivity contribution in [1.29, 1.82) is 0 Å². The monoisotopic (exact) mass is 292 g/mol. The van der Waals surface area contributed by atoms with Crippen LogP contribution < -0.4 is 10.1 Å². The second kappa shape index (κ2) is 9.06. The molecule has 3 heteroatoms. The average Bonchev–Trinajstić information content (AvgIpc) is 2.43.